The molecule has 0 aromatic heterocycles. The quantitative estimate of drug-likeness (QED) is 0.806. The Morgan fingerprint density at radius 3 is 2.80 bits per heavy atom. The van der Waals surface area contributed by atoms with Crippen LogP contribution in [0.5, 0.6) is 11.5 Å². The van der Waals surface area contributed by atoms with Crippen molar-refractivity contribution in [3.63, 3.8) is 0 Å². The summed E-state index contributed by atoms with van der Waals surface area (Å²) < 4.78 is 12.0. The van der Waals surface area contributed by atoms with Gasteiger partial charge in [-0.2, -0.15) is 0 Å². The van der Waals surface area contributed by atoms with Gasteiger partial charge in [0.25, 0.3) is 0 Å². The molecule has 1 saturated carbocycles. The molecule has 1 aromatic carbocycles. The Bertz CT molecular complexity index is 623. The Morgan fingerprint density at radius 2 is 2.12 bits per heavy atom. The maximum Gasteiger partial charge on any atom is 0.246 e. The van der Waals surface area contributed by atoms with Gasteiger partial charge in [-0.15, -0.1) is 0 Å². The highest BCUT2D eigenvalue weighted by molar-refractivity contribution is 5.92. The van der Waals surface area contributed by atoms with Gasteiger partial charge in [-0.1, -0.05) is 12.1 Å². The zero-order valence-corrected chi connectivity index (χ0v) is 14.9. The topological polar surface area (TPSA) is 64.8 Å². The Balaban J connectivity index is 1.77. The van der Waals surface area contributed by atoms with Gasteiger partial charge in [0.15, 0.2) is 11.5 Å². The van der Waals surface area contributed by atoms with Gasteiger partial charge >= 0.3 is 0 Å². The van der Waals surface area contributed by atoms with Crippen LogP contribution in [0.25, 0.3) is 6.08 Å². The van der Waals surface area contributed by atoms with Crippen molar-refractivity contribution in [1.82, 2.24) is 4.90 Å². The smallest absolute Gasteiger partial charge is 0.246 e. The zero-order valence-electron chi connectivity index (χ0n) is 14.9. The first-order valence-corrected chi connectivity index (χ1v) is 9.32. The highest BCUT2D eigenvalue weighted by Crippen LogP contribution is 2.35. The van der Waals surface area contributed by atoms with Gasteiger partial charge in [0.1, 0.15) is 0 Å². The van der Waals surface area contributed by atoms with E-state index in [9.17, 15) is 4.79 Å². The Morgan fingerprint density at radius 1 is 1.32 bits per heavy atom. The lowest BCUT2D eigenvalue weighted by Crippen LogP contribution is -2.30. The molecule has 2 aliphatic rings. The van der Waals surface area contributed by atoms with Crippen LogP contribution in [0.4, 0.5) is 0 Å². The zero-order chi connectivity index (χ0) is 17.6. The van der Waals surface area contributed by atoms with Crippen LogP contribution in [0, 0.1) is 0 Å². The van der Waals surface area contributed by atoms with E-state index in [0.29, 0.717) is 13.2 Å². The third kappa shape index (κ3) is 4.54. The van der Waals surface area contributed by atoms with Crippen LogP contribution in [0.3, 0.4) is 0 Å². The van der Waals surface area contributed by atoms with E-state index in [0.717, 1.165) is 42.9 Å². The molecule has 2 fully saturated rings. The molecule has 1 aliphatic heterocycles. The summed E-state index contributed by atoms with van der Waals surface area (Å²) in [6, 6.07) is 5.92. The second-order valence-corrected chi connectivity index (χ2v) is 6.80. The summed E-state index contributed by atoms with van der Waals surface area (Å²) in [5, 5.41) is 0. The summed E-state index contributed by atoms with van der Waals surface area (Å²) in [6.07, 6.45) is 9.13. The van der Waals surface area contributed by atoms with Gasteiger partial charge in [-0.3, -0.25) is 4.79 Å². The van der Waals surface area contributed by atoms with E-state index < -0.39 is 0 Å². The molecule has 2 N–H and O–H groups in total. The minimum Gasteiger partial charge on any atom is -0.490 e. The molecule has 3 rings (SSSR count). The van der Waals surface area contributed by atoms with E-state index in [4.69, 9.17) is 15.2 Å². The SMILES string of the molecule is CCOc1cccc(/C=C/C(=O)N2CC[C@@H](N)C2)c1OC1CCCC1. The number of carbonyl (C=O) groups is 1. The van der Waals surface area contributed by atoms with Gasteiger partial charge < -0.3 is 20.1 Å². The molecule has 1 heterocycles. The lowest BCUT2D eigenvalue weighted by Gasteiger charge is -2.19. The maximum absolute atomic E-state index is 12.3. The molecule has 136 valence electrons. The Labute approximate surface area is 149 Å². The van der Waals surface area contributed by atoms with Gasteiger partial charge in [0.2, 0.25) is 5.91 Å². The molecule has 0 radical (unpaired) electrons. The van der Waals surface area contributed by atoms with Crippen molar-refractivity contribution in [2.45, 2.75) is 51.2 Å². The summed E-state index contributed by atoms with van der Waals surface area (Å²) in [4.78, 5) is 14.1. The first-order chi connectivity index (χ1) is 12.2. The van der Waals surface area contributed by atoms with Crippen LogP contribution in [0.2, 0.25) is 0 Å². The summed E-state index contributed by atoms with van der Waals surface area (Å²) in [5.74, 6) is 1.49. The van der Waals surface area contributed by atoms with Gasteiger partial charge in [-0.25, -0.2) is 0 Å². The van der Waals surface area contributed by atoms with Crippen LogP contribution in [0.1, 0.15) is 44.6 Å². The molecule has 0 spiro atoms. The van der Waals surface area contributed by atoms with Crippen molar-refractivity contribution in [2.24, 2.45) is 5.73 Å². The molecule has 0 unspecified atom stereocenters. The molecule has 1 amide bonds. The lowest BCUT2D eigenvalue weighted by molar-refractivity contribution is -0.124. The largest absolute Gasteiger partial charge is 0.490 e. The molecule has 5 heteroatoms. The first kappa shape index (κ1) is 17.8. The molecule has 0 bridgehead atoms. The number of nitrogens with two attached hydrogens (primary N) is 1. The number of likely N-dealkylation sites (tertiary alicyclic amines) is 1. The van der Waals surface area contributed by atoms with Crippen molar-refractivity contribution in [3.05, 3.63) is 29.8 Å². The van der Waals surface area contributed by atoms with E-state index in [1.54, 1.807) is 11.0 Å². The summed E-state index contributed by atoms with van der Waals surface area (Å²) >= 11 is 0. The second kappa shape index (κ2) is 8.39. The van der Waals surface area contributed by atoms with Crippen molar-refractivity contribution in [1.29, 1.82) is 0 Å². The molecular formula is C20H28N2O3. The lowest BCUT2D eigenvalue weighted by atomic mass is 10.1. The van der Waals surface area contributed by atoms with E-state index in [1.165, 1.54) is 12.8 Å². The number of ether oxygens (including phenoxy) is 2. The van der Waals surface area contributed by atoms with E-state index in [1.807, 2.05) is 31.2 Å². The highest BCUT2D eigenvalue weighted by atomic mass is 16.5. The van der Waals surface area contributed by atoms with E-state index in [-0.39, 0.29) is 18.1 Å². The number of amides is 1. The van der Waals surface area contributed by atoms with Crippen LogP contribution >= 0.6 is 0 Å². The van der Waals surface area contributed by atoms with Gasteiger partial charge in [0, 0.05) is 30.8 Å². The van der Waals surface area contributed by atoms with Crippen LogP contribution in [0.15, 0.2) is 24.3 Å². The second-order valence-electron chi connectivity index (χ2n) is 6.80. The molecule has 1 saturated heterocycles. The number of benzene rings is 1. The predicted octanol–water partition coefficient (Wildman–Crippen LogP) is 2.98. The van der Waals surface area contributed by atoms with Gasteiger partial charge in [-0.05, 0) is 51.2 Å². The predicted molar refractivity (Wildman–Crippen MR) is 98.7 cm³/mol. The van der Waals surface area contributed by atoms with Crippen molar-refractivity contribution >= 4 is 12.0 Å². The van der Waals surface area contributed by atoms with E-state index in [2.05, 4.69) is 0 Å². The minimum absolute atomic E-state index is 0.00146. The van der Waals surface area contributed by atoms with Crippen molar-refractivity contribution in [2.75, 3.05) is 19.7 Å². The van der Waals surface area contributed by atoms with Crippen LogP contribution in [-0.2, 0) is 4.79 Å². The van der Waals surface area contributed by atoms with Crippen LogP contribution < -0.4 is 15.2 Å². The first-order valence-electron chi connectivity index (χ1n) is 9.32. The monoisotopic (exact) mass is 344 g/mol. The molecule has 1 atom stereocenters. The Hall–Kier alpha value is -2.01. The average molecular weight is 344 g/mol. The maximum atomic E-state index is 12.3. The number of nitrogens with zero attached hydrogens (tertiary/aromatic N) is 1. The Kier molecular flexibility index (Phi) is 5.97. The molecule has 5 nitrogen and oxygen atoms in total. The minimum atomic E-state index is 0.00146. The number of hydrogen-bond acceptors (Lipinski definition) is 4. The average Bonchev–Trinajstić information content (AvgIpc) is 3.26. The van der Waals surface area contributed by atoms with Crippen LogP contribution in [-0.4, -0.2) is 42.6 Å². The normalized spacial score (nSPS) is 21.2. The summed E-state index contributed by atoms with van der Waals surface area (Å²) in [5.41, 5.74) is 6.77. The number of carbonyl (C=O) groups excluding carboxylic acids is 1. The molecular weight excluding hydrogens is 316 g/mol. The number of para-hydroxylation sites is 1. The number of hydrogen-bond donors (Lipinski definition) is 1. The fourth-order valence-corrected chi connectivity index (χ4v) is 3.49. The van der Waals surface area contributed by atoms with Crippen molar-refractivity contribution < 1.29 is 14.3 Å². The van der Waals surface area contributed by atoms with Gasteiger partial charge in [0.05, 0.1) is 12.7 Å². The molecule has 1 aliphatic carbocycles. The summed E-state index contributed by atoms with van der Waals surface area (Å²) in [6.45, 7) is 3.91. The molecule has 1 aromatic rings. The standard InChI is InChI=1S/C20H28N2O3/c1-2-24-18-9-5-6-15(20(18)25-17-7-3-4-8-17)10-11-19(23)22-13-12-16(21)14-22/h5-6,9-11,16-17H,2-4,7-8,12-14,21H2,1H3/b11-10+/t16-/m1/s1. The fourth-order valence-electron chi connectivity index (χ4n) is 3.49. The third-order valence-corrected chi connectivity index (χ3v) is 4.84. The van der Waals surface area contributed by atoms with Crippen molar-refractivity contribution in [3.8, 4) is 11.5 Å². The number of rotatable bonds is 6. The summed E-state index contributed by atoms with van der Waals surface area (Å²) in [7, 11) is 0. The third-order valence-electron chi connectivity index (χ3n) is 4.84. The highest BCUT2D eigenvalue weighted by Gasteiger charge is 2.23. The molecule has 25 heavy (non-hydrogen) atoms. The fraction of sp³-hybridized carbons (Fsp3) is 0.550. The van der Waals surface area contributed by atoms with E-state index >= 15 is 0 Å².